The average molecular weight is 317 g/mol. The van der Waals surface area contributed by atoms with Crippen LogP contribution in [0.15, 0.2) is 0 Å². The molecule has 0 aromatic heterocycles. The fourth-order valence-corrected chi connectivity index (χ4v) is 2.52. The number of carbonyl (C=O) groups excluding carboxylic acids is 1. The first-order valence-electron chi connectivity index (χ1n) is 5.63. The van der Waals surface area contributed by atoms with Crippen molar-refractivity contribution in [2.45, 2.75) is 18.3 Å². The number of hydrogen-bond acceptors (Lipinski definition) is 4. The van der Waals surface area contributed by atoms with E-state index in [0.717, 1.165) is 13.2 Å². The maximum Gasteiger partial charge on any atom is 0.394 e. The van der Waals surface area contributed by atoms with Crippen LogP contribution in [-0.4, -0.2) is 61.1 Å². The Labute approximate surface area is 113 Å². The third-order valence-electron chi connectivity index (χ3n) is 3.36. The zero-order valence-electron chi connectivity index (χ0n) is 10.7. The van der Waals surface area contributed by atoms with Gasteiger partial charge in [0.15, 0.2) is 9.84 Å². The van der Waals surface area contributed by atoms with Crippen LogP contribution in [-0.2, 0) is 19.4 Å². The fraction of sp³-hybridized carbons (Fsp3) is 0.800. The summed E-state index contributed by atoms with van der Waals surface area (Å²) in [6.45, 7) is -0.411. The Hall–Kier alpha value is -1.32. The minimum Gasteiger partial charge on any atom is -0.481 e. The van der Waals surface area contributed by atoms with Gasteiger partial charge in [-0.3, -0.25) is 9.59 Å². The second kappa shape index (κ2) is 5.23. The van der Waals surface area contributed by atoms with Crippen molar-refractivity contribution in [1.82, 2.24) is 4.90 Å². The van der Waals surface area contributed by atoms with E-state index in [1.54, 1.807) is 0 Å². The van der Waals surface area contributed by atoms with Crippen LogP contribution < -0.4 is 0 Å². The molecule has 1 N–H and O–H groups in total. The molecular weight excluding hydrogens is 303 g/mol. The van der Waals surface area contributed by atoms with Crippen LogP contribution in [0.5, 0.6) is 0 Å². The van der Waals surface area contributed by atoms with Crippen molar-refractivity contribution < 1.29 is 36.3 Å². The Morgan fingerprint density at radius 3 is 2.10 bits per heavy atom. The van der Waals surface area contributed by atoms with Crippen LogP contribution in [0.25, 0.3) is 0 Å². The van der Waals surface area contributed by atoms with E-state index in [1.807, 2.05) is 0 Å². The zero-order chi connectivity index (χ0) is 15.9. The molecule has 1 fully saturated rings. The normalized spacial score (nSPS) is 25.6. The molecule has 1 unspecified atom stereocenters. The topological polar surface area (TPSA) is 91.8 Å². The van der Waals surface area contributed by atoms with Crippen LogP contribution in [0.2, 0.25) is 0 Å². The van der Waals surface area contributed by atoms with Crippen molar-refractivity contribution in [3.8, 4) is 0 Å². The van der Waals surface area contributed by atoms with Crippen LogP contribution in [0.1, 0.15) is 6.92 Å². The molecule has 116 valence electrons. The molecule has 3 atom stereocenters. The fourth-order valence-electron chi connectivity index (χ4n) is 2.01. The highest BCUT2D eigenvalue weighted by molar-refractivity contribution is 7.92. The van der Waals surface area contributed by atoms with E-state index in [1.165, 1.54) is 0 Å². The van der Waals surface area contributed by atoms with Gasteiger partial charge in [0.05, 0.1) is 11.8 Å². The summed E-state index contributed by atoms with van der Waals surface area (Å²) in [5.74, 6) is -6.62. The SMILES string of the molecule is CC(C(=O)N1C[C@@H](C(F)(F)F)[C@H](C(=O)O)C1)S(C)(=O)=O. The monoisotopic (exact) mass is 317 g/mol. The number of carboxylic acids is 1. The molecule has 6 nitrogen and oxygen atoms in total. The van der Waals surface area contributed by atoms with E-state index in [0.29, 0.717) is 4.90 Å². The number of nitrogens with zero attached hydrogens (tertiary/aromatic N) is 1. The van der Waals surface area contributed by atoms with Crippen molar-refractivity contribution in [1.29, 1.82) is 0 Å². The van der Waals surface area contributed by atoms with E-state index in [9.17, 15) is 31.2 Å². The number of carbonyl (C=O) groups is 2. The van der Waals surface area contributed by atoms with E-state index in [4.69, 9.17) is 5.11 Å². The molecule has 1 rings (SSSR count). The van der Waals surface area contributed by atoms with Gasteiger partial charge < -0.3 is 10.0 Å². The molecule has 1 saturated heterocycles. The Kier molecular flexibility index (Phi) is 4.37. The molecule has 1 amide bonds. The molecule has 0 radical (unpaired) electrons. The molecule has 0 aromatic rings. The minimum atomic E-state index is -4.76. The quantitative estimate of drug-likeness (QED) is 0.799. The predicted octanol–water partition coefficient (Wildman–Crippen LogP) is 0.141. The Morgan fingerprint density at radius 1 is 1.30 bits per heavy atom. The number of amides is 1. The third-order valence-corrected chi connectivity index (χ3v) is 4.85. The first-order chi connectivity index (χ1) is 8.85. The van der Waals surface area contributed by atoms with Crippen molar-refractivity contribution in [2.75, 3.05) is 19.3 Å². The minimum absolute atomic E-state index is 0.641. The highest BCUT2D eigenvalue weighted by Gasteiger charge is 2.54. The predicted molar refractivity (Wildman–Crippen MR) is 61.6 cm³/mol. The molecule has 0 spiro atoms. The highest BCUT2D eigenvalue weighted by Crippen LogP contribution is 2.38. The summed E-state index contributed by atoms with van der Waals surface area (Å²) in [5, 5.41) is 7.29. The zero-order valence-corrected chi connectivity index (χ0v) is 11.5. The number of likely N-dealkylation sites (tertiary alicyclic amines) is 1. The van der Waals surface area contributed by atoms with Gasteiger partial charge in [0.1, 0.15) is 5.25 Å². The molecule has 0 aliphatic carbocycles. The lowest BCUT2D eigenvalue weighted by molar-refractivity contribution is -0.188. The second-order valence-electron chi connectivity index (χ2n) is 4.81. The lowest BCUT2D eigenvalue weighted by Gasteiger charge is -2.20. The van der Waals surface area contributed by atoms with Crippen LogP contribution in [0.3, 0.4) is 0 Å². The summed E-state index contributed by atoms with van der Waals surface area (Å²) >= 11 is 0. The molecule has 20 heavy (non-hydrogen) atoms. The summed E-state index contributed by atoms with van der Waals surface area (Å²) in [6.07, 6.45) is -3.96. The van der Waals surface area contributed by atoms with E-state index < -0.39 is 58.1 Å². The summed E-state index contributed by atoms with van der Waals surface area (Å²) in [4.78, 5) is 23.3. The number of rotatable bonds is 3. The number of hydrogen-bond donors (Lipinski definition) is 1. The van der Waals surface area contributed by atoms with Gasteiger partial charge in [-0.25, -0.2) is 8.42 Å². The number of sulfone groups is 1. The van der Waals surface area contributed by atoms with Gasteiger partial charge in [0.25, 0.3) is 0 Å². The molecule has 0 bridgehead atoms. The molecule has 0 aromatic carbocycles. The molecule has 0 saturated carbocycles. The van der Waals surface area contributed by atoms with Gasteiger partial charge in [0, 0.05) is 19.3 Å². The summed E-state index contributed by atoms with van der Waals surface area (Å²) in [7, 11) is -3.75. The Balaban J connectivity index is 2.97. The van der Waals surface area contributed by atoms with Gasteiger partial charge >= 0.3 is 12.1 Å². The maximum absolute atomic E-state index is 12.7. The lowest BCUT2D eigenvalue weighted by atomic mass is 9.96. The third kappa shape index (κ3) is 3.41. The maximum atomic E-state index is 12.7. The molecule has 1 aliphatic rings. The van der Waals surface area contributed by atoms with Crippen molar-refractivity contribution in [3.05, 3.63) is 0 Å². The number of alkyl halides is 3. The first-order valence-corrected chi connectivity index (χ1v) is 7.58. The Bertz CT molecular complexity index is 515. The van der Waals surface area contributed by atoms with E-state index in [2.05, 4.69) is 0 Å². The molecule has 1 aliphatic heterocycles. The summed E-state index contributed by atoms with van der Waals surface area (Å²) in [5.41, 5.74) is 0. The number of halogens is 3. The largest absolute Gasteiger partial charge is 0.481 e. The number of carboxylic acid groups (broad SMARTS) is 1. The first kappa shape index (κ1) is 16.7. The van der Waals surface area contributed by atoms with Crippen LogP contribution in [0.4, 0.5) is 13.2 Å². The van der Waals surface area contributed by atoms with Gasteiger partial charge in [-0.1, -0.05) is 0 Å². The standard InChI is InChI=1S/C10H14F3NO5S/c1-5(20(2,18)19)8(15)14-3-6(9(16)17)7(4-14)10(11,12)13/h5-7H,3-4H2,1-2H3,(H,16,17)/t5?,6-,7-/m1/s1. The highest BCUT2D eigenvalue weighted by atomic mass is 32.2. The summed E-state index contributed by atoms with van der Waals surface area (Å²) < 4.78 is 60.6. The van der Waals surface area contributed by atoms with Crippen LogP contribution >= 0.6 is 0 Å². The van der Waals surface area contributed by atoms with Gasteiger partial charge in [0.2, 0.25) is 5.91 Å². The van der Waals surface area contributed by atoms with Crippen molar-refractivity contribution >= 4 is 21.7 Å². The van der Waals surface area contributed by atoms with Crippen molar-refractivity contribution in [3.63, 3.8) is 0 Å². The second-order valence-corrected chi connectivity index (χ2v) is 7.17. The summed E-state index contributed by atoms with van der Waals surface area (Å²) in [6, 6.07) is 0. The Morgan fingerprint density at radius 2 is 1.80 bits per heavy atom. The molecular formula is C10H14F3NO5S. The van der Waals surface area contributed by atoms with Gasteiger partial charge in [-0.2, -0.15) is 13.2 Å². The molecule has 10 heteroatoms. The van der Waals surface area contributed by atoms with Gasteiger partial charge in [-0.05, 0) is 6.92 Å². The van der Waals surface area contributed by atoms with Crippen LogP contribution in [0, 0.1) is 11.8 Å². The smallest absolute Gasteiger partial charge is 0.394 e. The lowest BCUT2D eigenvalue weighted by Crippen LogP contribution is -2.40. The number of aliphatic carboxylic acids is 1. The van der Waals surface area contributed by atoms with Crippen molar-refractivity contribution in [2.24, 2.45) is 11.8 Å². The van der Waals surface area contributed by atoms with E-state index in [-0.39, 0.29) is 0 Å². The van der Waals surface area contributed by atoms with Gasteiger partial charge in [-0.15, -0.1) is 0 Å². The molecule has 1 heterocycles. The van der Waals surface area contributed by atoms with E-state index >= 15 is 0 Å². The average Bonchev–Trinajstić information content (AvgIpc) is 2.70.